The van der Waals surface area contributed by atoms with Crippen LogP contribution in [-0.2, 0) is 0 Å². The molecule has 3 aromatic rings. The van der Waals surface area contributed by atoms with Gasteiger partial charge in [0.25, 0.3) is 0 Å². The lowest BCUT2D eigenvalue weighted by molar-refractivity contribution is 0.415. The molecule has 0 saturated heterocycles. The maximum atomic E-state index is 6.07. The first kappa shape index (κ1) is 13.8. The smallest absolute Gasteiger partial charge is 0.138 e. The van der Waals surface area contributed by atoms with Crippen LogP contribution in [0, 0.1) is 0 Å². The van der Waals surface area contributed by atoms with Gasteiger partial charge in [0.05, 0.1) is 19.2 Å². The Kier molecular flexibility index (Phi) is 3.72. The minimum absolute atomic E-state index is 0.617. The van der Waals surface area contributed by atoms with E-state index in [0.717, 1.165) is 22.3 Å². The summed E-state index contributed by atoms with van der Waals surface area (Å²) in [7, 11) is 3.30. The number of hydrogen-bond acceptors (Lipinski definition) is 2. The lowest BCUT2D eigenvalue weighted by atomic mass is 10.0. The van der Waals surface area contributed by atoms with Crippen molar-refractivity contribution in [1.82, 2.24) is 0 Å². The Bertz CT molecular complexity index is 796. The zero-order valence-corrected chi connectivity index (χ0v) is 12.6. The molecular formula is C18H15ClO2. The molecule has 106 valence electrons. The summed E-state index contributed by atoms with van der Waals surface area (Å²) in [5.41, 5.74) is 2.21. The minimum Gasteiger partial charge on any atom is -0.497 e. The Morgan fingerprint density at radius 1 is 0.714 bits per heavy atom. The van der Waals surface area contributed by atoms with Crippen molar-refractivity contribution in [2.45, 2.75) is 0 Å². The fourth-order valence-electron chi connectivity index (χ4n) is 2.37. The second-order valence-electron chi connectivity index (χ2n) is 4.78. The van der Waals surface area contributed by atoms with Gasteiger partial charge in [0.15, 0.2) is 0 Å². The van der Waals surface area contributed by atoms with E-state index in [1.165, 1.54) is 5.39 Å². The van der Waals surface area contributed by atoms with E-state index in [-0.39, 0.29) is 0 Å². The summed E-state index contributed by atoms with van der Waals surface area (Å²) in [4.78, 5) is 0. The number of benzene rings is 3. The molecule has 0 unspecified atom stereocenters. The number of ether oxygens (including phenoxy) is 2. The molecule has 3 aromatic carbocycles. The van der Waals surface area contributed by atoms with E-state index in [2.05, 4.69) is 24.3 Å². The van der Waals surface area contributed by atoms with Crippen molar-refractivity contribution in [3.05, 3.63) is 59.6 Å². The SMILES string of the molecule is COc1ccc2cc(-c3ccc(Cl)c(OC)c3)ccc2c1. The summed E-state index contributed by atoms with van der Waals surface area (Å²) in [5.74, 6) is 1.55. The van der Waals surface area contributed by atoms with Gasteiger partial charge in [-0.1, -0.05) is 35.9 Å². The van der Waals surface area contributed by atoms with E-state index in [9.17, 15) is 0 Å². The minimum atomic E-state index is 0.617. The lowest BCUT2D eigenvalue weighted by Gasteiger charge is -2.08. The predicted molar refractivity (Wildman–Crippen MR) is 87.5 cm³/mol. The zero-order valence-electron chi connectivity index (χ0n) is 11.9. The molecule has 0 aromatic heterocycles. The molecule has 0 aliphatic heterocycles. The normalized spacial score (nSPS) is 10.6. The first-order chi connectivity index (χ1) is 10.2. The second kappa shape index (κ2) is 5.66. The molecule has 0 heterocycles. The first-order valence-corrected chi connectivity index (χ1v) is 7.01. The number of hydrogen-bond donors (Lipinski definition) is 0. The standard InChI is InChI=1S/C18H15ClO2/c1-20-16-7-5-13-9-12(3-4-14(13)10-16)15-6-8-17(19)18(11-15)21-2/h3-11H,1-2H3. The van der Waals surface area contributed by atoms with Crippen molar-refractivity contribution in [3.63, 3.8) is 0 Å². The summed E-state index contributed by atoms with van der Waals surface area (Å²) in [5, 5.41) is 2.94. The highest BCUT2D eigenvalue weighted by molar-refractivity contribution is 6.32. The molecule has 2 nitrogen and oxygen atoms in total. The van der Waals surface area contributed by atoms with Crippen molar-refractivity contribution >= 4 is 22.4 Å². The molecule has 0 bridgehead atoms. The average molecular weight is 299 g/mol. The van der Waals surface area contributed by atoms with Gasteiger partial charge in [0.2, 0.25) is 0 Å². The summed E-state index contributed by atoms with van der Waals surface area (Å²) in [6.45, 7) is 0. The molecule has 0 N–H and O–H groups in total. The first-order valence-electron chi connectivity index (χ1n) is 6.63. The molecule has 3 rings (SSSR count). The van der Waals surface area contributed by atoms with Crippen molar-refractivity contribution < 1.29 is 9.47 Å². The molecule has 0 fully saturated rings. The molecule has 0 atom stereocenters. The molecule has 0 amide bonds. The highest BCUT2D eigenvalue weighted by Gasteiger charge is 2.05. The van der Waals surface area contributed by atoms with Crippen molar-refractivity contribution in [3.8, 4) is 22.6 Å². The number of methoxy groups -OCH3 is 2. The Morgan fingerprint density at radius 2 is 1.38 bits per heavy atom. The fourth-order valence-corrected chi connectivity index (χ4v) is 2.56. The molecule has 21 heavy (non-hydrogen) atoms. The number of fused-ring (bicyclic) bond motifs is 1. The van der Waals surface area contributed by atoms with Gasteiger partial charge in [-0.2, -0.15) is 0 Å². The maximum Gasteiger partial charge on any atom is 0.138 e. The topological polar surface area (TPSA) is 18.5 Å². The number of halogens is 1. The summed E-state index contributed by atoms with van der Waals surface area (Å²) >= 11 is 6.07. The highest BCUT2D eigenvalue weighted by atomic mass is 35.5. The second-order valence-corrected chi connectivity index (χ2v) is 5.18. The lowest BCUT2D eigenvalue weighted by Crippen LogP contribution is -1.86. The zero-order chi connectivity index (χ0) is 14.8. The van der Waals surface area contributed by atoms with Gasteiger partial charge in [-0.15, -0.1) is 0 Å². The van der Waals surface area contributed by atoms with E-state index < -0.39 is 0 Å². The Hall–Kier alpha value is -2.19. The van der Waals surface area contributed by atoms with Crippen LogP contribution >= 0.6 is 11.6 Å². The molecule has 0 spiro atoms. The fraction of sp³-hybridized carbons (Fsp3) is 0.111. The summed E-state index contributed by atoms with van der Waals surface area (Å²) in [6, 6.07) is 18.2. The predicted octanol–water partition coefficient (Wildman–Crippen LogP) is 5.18. The van der Waals surface area contributed by atoms with Gasteiger partial charge < -0.3 is 9.47 Å². The van der Waals surface area contributed by atoms with E-state index >= 15 is 0 Å². The van der Waals surface area contributed by atoms with Gasteiger partial charge >= 0.3 is 0 Å². The van der Waals surface area contributed by atoms with E-state index in [4.69, 9.17) is 21.1 Å². The Balaban J connectivity index is 2.08. The van der Waals surface area contributed by atoms with Crippen molar-refractivity contribution in [1.29, 1.82) is 0 Å². The Labute approximate surface area is 128 Å². The molecule has 0 aliphatic rings. The van der Waals surface area contributed by atoms with Gasteiger partial charge in [-0.3, -0.25) is 0 Å². The molecule has 0 radical (unpaired) electrons. The van der Waals surface area contributed by atoms with Crippen molar-refractivity contribution in [2.24, 2.45) is 0 Å². The van der Waals surface area contributed by atoms with E-state index in [1.54, 1.807) is 14.2 Å². The van der Waals surface area contributed by atoms with Gasteiger partial charge in [-0.05, 0) is 52.2 Å². The van der Waals surface area contributed by atoms with Crippen LogP contribution in [0.1, 0.15) is 0 Å². The quantitative estimate of drug-likeness (QED) is 0.663. The van der Waals surface area contributed by atoms with Gasteiger partial charge in [0.1, 0.15) is 11.5 Å². The van der Waals surface area contributed by atoms with Crippen LogP contribution in [0.3, 0.4) is 0 Å². The Morgan fingerprint density at radius 3 is 2.14 bits per heavy atom. The molecule has 0 saturated carbocycles. The monoisotopic (exact) mass is 298 g/mol. The highest BCUT2D eigenvalue weighted by Crippen LogP contribution is 2.32. The van der Waals surface area contributed by atoms with Crippen LogP contribution in [-0.4, -0.2) is 14.2 Å². The van der Waals surface area contributed by atoms with Crippen LogP contribution < -0.4 is 9.47 Å². The summed E-state index contributed by atoms with van der Waals surface area (Å²) < 4.78 is 10.5. The van der Waals surface area contributed by atoms with E-state index in [0.29, 0.717) is 10.8 Å². The third kappa shape index (κ3) is 2.67. The average Bonchev–Trinajstić information content (AvgIpc) is 2.54. The summed E-state index contributed by atoms with van der Waals surface area (Å²) in [6.07, 6.45) is 0. The van der Waals surface area contributed by atoms with Crippen LogP contribution in [0.25, 0.3) is 21.9 Å². The van der Waals surface area contributed by atoms with Crippen LogP contribution in [0.2, 0.25) is 5.02 Å². The van der Waals surface area contributed by atoms with Gasteiger partial charge in [0, 0.05) is 0 Å². The largest absolute Gasteiger partial charge is 0.497 e. The maximum absolute atomic E-state index is 6.07. The molecule has 3 heteroatoms. The van der Waals surface area contributed by atoms with E-state index in [1.807, 2.05) is 30.3 Å². The number of rotatable bonds is 3. The van der Waals surface area contributed by atoms with Crippen LogP contribution in [0.4, 0.5) is 0 Å². The third-order valence-corrected chi connectivity index (χ3v) is 3.84. The van der Waals surface area contributed by atoms with Gasteiger partial charge in [-0.25, -0.2) is 0 Å². The molecule has 0 aliphatic carbocycles. The van der Waals surface area contributed by atoms with Crippen molar-refractivity contribution in [2.75, 3.05) is 14.2 Å². The molecular weight excluding hydrogens is 284 g/mol. The van der Waals surface area contributed by atoms with Crippen LogP contribution in [0.15, 0.2) is 54.6 Å². The third-order valence-electron chi connectivity index (χ3n) is 3.53. The van der Waals surface area contributed by atoms with Crippen LogP contribution in [0.5, 0.6) is 11.5 Å².